The van der Waals surface area contributed by atoms with Crippen LogP contribution in [0.15, 0.2) is 108 Å². The van der Waals surface area contributed by atoms with Crippen LogP contribution in [0.25, 0.3) is 0 Å². The molecule has 0 aromatic heterocycles. The van der Waals surface area contributed by atoms with E-state index in [-0.39, 0.29) is 5.91 Å². The molecule has 4 aromatic carbocycles. The standard InChI is InChI=1S/C34H32N2OS/c37-34(35-27-16-11-22(12-17-27)21-38-28-9-5-2-6-10-28)26-15-18-30-29(20-26)31-24-13-14-25(19-24)32(31)33(36-30)23-7-3-1-4-8-23/h1-12,15-18,20,24-25,31-33,36H,13-14,19,21H2,(H,35,37)/t24-,25-,31-,32-,33-/m0/s1. The second-order valence-corrected chi connectivity index (χ2v) is 12.1. The lowest BCUT2D eigenvalue weighted by Crippen LogP contribution is -2.35. The number of rotatable bonds is 6. The molecule has 2 N–H and O–H groups in total. The summed E-state index contributed by atoms with van der Waals surface area (Å²) in [6.07, 6.45) is 3.98. The van der Waals surface area contributed by atoms with Crippen molar-refractivity contribution >= 4 is 29.0 Å². The fourth-order valence-corrected chi connectivity index (χ4v) is 8.06. The predicted octanol–water partition coefficient (Wildman–Crippen LogP) is 8.53. The Morgan fingerprint density at radius 2 is 1.58 bits per heavy atom. The largest absolute Gasteiger partial charge is 0.378 e. The lowest BCUT2D eigenvalue weighted by Gasteiger charge is -2.43. The SMILES string of the molecule is O=C(Nc1ccc(CSc2ccccc2)cc1)c1ccc2c(c1)[C@@H]1[C@H]3CC[C@@H](C3)[C@@H]1[C@H](c1ccccc1)N2. The Morgan fingerprint density at radius 3 is 2.37 bits per heavy atom. The van der Waals surface area contributed by atoms with E-state index in [4.69, 9.17) is 0 Å². The molecule has 3 aliphatic rings. The lowest BCUT2D eigenvalue weighted by atomic mass is 9.68. The van der Waals surface area contributed by atoms with Crippen LogP contribution in [0.1, 0.15) is 58.3 Å². The van der Waals surface area contributed by atoms with Gasteiger partial charge in [0.1, 0.15) is 0 Å². The number of amides is 1. The molecule has 2 fully saturated rings. The topological polar surface area (TPSA) is 41.1 Å². The number of carbonyl (C=O) groups is 1. The summed E-state index contributed by atoms with van der Waals surface area (Å²) in [5.74, 6) is 3.50. The van der Waals surface area contributed by atoms with Crippen LogP contribution >= 0.6 is 11.8 Å². The summed E-state index contributed by atoms with van der Waals surface area (Å²) < 4.78 is 0. The zero-order valence-electron chi connectivity index (χ0n) is 21.3. The first kappa shape index (κ1) is 23.6. The fourth-order valence-electron chi connectivity index (χ4n) is 7.19. The summed E-state index contributed by atoms with van der Waals surface area (Å²) in [6, 6.07) is 36.2. The third-order valence-electron chi connectivity index (χ3n) is 8.87. The van der Waals surface area contributed by atoms with E-state index >= 15 is 0 Å². The highest BCUT2D eigenvalue weighted by molar-refractivity contribution is 7.98. The van der Waals surface area contributed by atoms with Crippen molar-refractivity contribution in [3.63, 3.8) is 0 Å². The molecular formula is C34H32N2OS. The Bertz CT molecular complexity index is 1440. The van der Waals surface area contributed by atoms with E-state index in [0.717, 1.165) is 28.8 Å². The number of benzene rings is 4. The van der Waals surface area contributed by atoms with E-state index < -0.39 is 0 Å². The first-order valence-electron chi connectivity index (χ1n) is 13.8. The van der Waals surface area contributed by atoms with E-state index in [9.17, 15) is 4.79 Å². The van der Waals surface area contributed by atoms with Crippen molar-refractivity contribution in [1.82, 2.24) is 0 Å². The minimum absolute atomic E-state index is 0.0379. The van der Waals surface area contributed by atoms with Gasteiger partial charge in [0, 0.05) is 27.6 Å². The molecule has 3 nitrogen and oxygen atoms in total. The highest BCUT2D eigenvalue weighted by Gasteiger charge is 2.53. The summed E-state index contributed by atoms with van der Waals surface area (Å²) >= 11 is 1.82. The van der Waals surface area contributed by atoms with Gasteiger partial charge in [0.05, 0.1) is 6.04 Å². The van der Waals surface area contributed by atoms with Gasteiger partial charge in [0.25, 0.3) is 5.91 Å². The molecule has 1 heterocycles. The van der Waals surface area contributed by atoms with Gasteiger partial charge in [-0.1, -0.05) is 60.7 Å². The molecule has 1 amide bonds. The van der Waals surface area contributed by atoms with Crippen LogP contribution < -0.4 is 10.6 Å². The minimum Gasteiger partial charge on any atom is -0.378 e. The van der Waals surface area contributed by atoms with Crippen LogP contribution in [0.3, 0.4) is 0 Å². The molecule has 4 heteroatoms. The van der Waals surface area contributed by atoms with Crippen LogP contribution in [-0.2, 0) is 5.75 Å². The Labute approximate surface area is 229 Å². The lowest BCUT2D eigenvalue weighted by molar-refractivity contribution is 0.102. The number of thioether (sulfide) groups is 1. The molecular weight excluding hydrogens is 484 g/mol. The maximum absolute atomic E-state index is 13.3. The van der Waals surface area contributed by atoms with E-state index in [0.29, 0.717) is 17.9 Å². The first-order valence-corrected chi connectivity index (χ1v) is 14.7. The van der Waals surface area contributed by atoms with Gasteiger partial charge in [-0.15, -0.1) is 11.8 Å². The molecule has 190 valence electrons. The van der Waals surface area contributed by atoms with Crippen LogP contribution in [0.5, 0.6) is 0 Å². The molecule has 0 spiro atoms. The van der Waals surface area contributed by atoms with Crippen LogP contribution in [-0.4, -0.2) is 5.91 Å². The van der Waals surface area contributed by atoms with Crippen LogP contribution in [0, 0.1) is 17.8 Å². The number of fused-ring (bicyclic) bond motifs is 7. The second-order valence-electron chi connectivity index (χ2n) is 11.0. The Hall–Kier alpha value is -3.50. The van der Waals surface area contributed by atoms with Crippen LogP contribution in [0.4, 0.5) is 11.4 Å². The molecule has 2 saturated carbocycles. The maximum Gasteiger partial charge on any atom is 0.255 e. The minimum atomic E-state index is -0.0379. The Kier molecular flexibility index (Phi) is 6.21. The number of nitrogens with one attached hydrogen (secondary N) is 2. The van der Waals surface area contributed by atoms with E-state index in [1.807, 2.05) is 36.0 Å². The summed E-state index contributed by atoms with van der Waals surface area (Å²) in [4.78, 5) is 14.6. The number of hydrogen-bond donors (Lipinski definition) is 2. The van der Waals surface area contributed by atoms with Crippen molar-refractivity contribution < 1.29 is 4.79 Å². The molecule has 38 heavy (non-hydrogen) atoms. The molecule has 5 atom stereocenters. The normalized spacial score (nSPS) is 24.8. The highest BCUT2D eigenvalue weighted by atomic mass is 32.2. The summed E-state index contributed by atoms with van der Waals surface area (Å²) in [5.41, 5.74) is 6.75. The van der Waals surface area contributed by atoms with E-state index in [1.54, 1.807) is 0 Å². The van der Waals surface area contributed by atoms with Crippen LogP contribution in [0.2, 0.25) is 0 Å². The number of anilines is 2. The quantitative estimate of drug-likeness (QED) is 0.252. The van der Waals surface area contributed by atoms with Crippen molar-refractivity contribution in [2.45, 2.75) is 41.9 Å². The second kappa shape index (κ2) is 9.99. The average Bonchev–Trinajstić information content (AvgIpc) is 3.60. The maximum atomic E-state index is 13.3. The highest BCUT2D eigenvalue weighted by Crippen LogP contribution is 2.63. The van der Waals surface area contributed by atoms with Gasteiger partial charge >= 0.3 is 0 Å². The van der Waals surface area contributed by atoms with Gasteiger partial charge in [-0.3, -0.25) is 4.79 Å². The molecule has 1 aliphatic heterocycles. The number of carbonyl (C=O) groups excluding carboxylic acids is 1. The van der Waals surface area contributed by atoms with Gasteiger partial charge in [-0.25, -0.2) is 0 Å². The molecule has 0 saturated heterocycles. The fraction of sp³-hybridized carbons (Fsp3) is 0.265. The smallest absolute Gasteiger partial charge is 0.255 e. The van der Waals surface area contributed by atoms with Gasteiger partial charge in [0.15, 0.2) is 0 Å². The molecule has 4 aromatic rings. The van der Waals surface area contributed by atoms with Crippen molar-refractivity contribution in [1.29, 1.82) is 0 Å². The van der Waals surface area contributed by atoms with Gasteiger partial charge in [-0.05, 0) is 102 Å². The summed E-state index contributed by atoms with van der Waals surface area (Å²) in [7, 11) is 0. The van der Waals surface area contributed by atoms with Gasteiger partial charge in [-0.2, -0.15) is 0 Å². The van der Waals surface area contributed by atoms with Crippen molar-refractivity contribution in [3.8, 4) is 0 Å². The van der Waals surface area contributed by atoms with E-state index in [1.165, 1.54) is 46.5 Å². The summed E-state index contributed by atoms with van der Waals surface area (Å²) in [5, 5.41) is 7.01. The molecule has 2 bridgehead atoms. The monoisotopic (exact) mass is 516 g/mol. The zero-order valence-corrected chi connectivity index (χ0v) is 22.2. The van der Waals surface area contributed by atoms with Crippen molar-refractivity contribution in [3.05, 3.63) is 125 Å². The first-order chi connectivity index (χ1) is 18.7. The third-order valence-corrected chi connectivity index (χ3v) is 9.95. The number of hydrogen-bond acceptors (Lipinski definition) is 3. The Balaban J connectivity index is 1.08. The van der Waals surface area contributed by atoms with Crippen molar-refractivity contribution in [2.75, 3.05) is 10.6 Å². The van der Waals surface area contributed by atoms with Gasteiger partial charge in [0.2, 0.25) is 0 Å². The molecule has 7 rings (SSSR count). The molecule has 0 unspecified atom stereocenters. The van der Waals surface area contributed by atoms with E-state index in [2.05, 4.69) is 89.5 Å². The average molecular weight is 517 g/mol. The molecule has 0 radical (unpaired) electrons. The van der Waals surface area contributed by atoms with Gasteiger partial charge < -0.3 is 10.6 Å². The van der Waals surface area contributed by atoms with Crippen molar-refractivity contribution in [2.24, 2.45) is 17.8 Å². The summed E-state index contributed by atoms with van der Waals surface area (Å²) in [6.45, 7) is 0. The third kappa shape index (κ3) is 4.41. The zero-order chi connectivity index (χ0) is 25.5. The molecule has 2 aliphatic carbocycles. The Morgan fingerprint density at radius 1 is 0.842 bits per heavy atom. The predicted molar refractivity (Wildman–Crippen MR) is 157 cm³/mol.